The highest BCUT2D eigenvalue weighted by molar-refractivity contribution is 9.10. The molecule has 0 aliphatic carbocycles. The van der Waals surface area contributed by atoms with E-state index in [0.717, 1.165) is 6.54 Å². The molecule has 1 aromatic rings. The van der Waals surface area contributed by atoms with Crippen molar-refractivity contribution in [2.24, 2.45) is 0 Å². The fraction of sp³-hybridized carbons (Fsp3) is 0.417. The van der Waals surface area contributed by atoms with Gasteiger partial charge in [-0.1, -0.05) is 0 Å². The Kier molecular flexibility index (Phi) is 4.27. The molecule has 18 heavy (non-hydrogen) atoms. The maximum atomic E-state index is 13.8. The van der Waals surface area contributed by atoms with Crippen LogP contribution in [0.2, 0.25) is 0 Å². The number of hydrogen-bond acceptors (Lipinski definition) is 3. The Bertz CT molecular complexity index is 487. The first-order valence-corrected chi connectivity index (χ1v) is 6.39. The molecule has 1 atom stereocenters. The van der Waals surface area contributed by atoms with E-state index in [2.05, 4.69) is 27.3 Å². The topological polar surface area (TPSA) is 39.1 Å². The second-order valence-electron chi connectivity index (χ2n) is 4.14. The lowest BCUT2D eigenvalue weighted by atomic mass is 10.1. The maximum Gasteiger partial charge on any atom is 0.144 e. The number of rotatable bonds is 2. The van der Waals surface area contributed by atoms with Crippen LogP contribution in [0, 0.1) is 23.0 Å². The minimum Gasteiger partial charge on any atom is -0.313 e. The summed E-state index contributed by atoms with van der Waals surface area (Å²) in [6.07, 6.45) is 0. The number of nitrogens with one attached hydrogen (secondary N) is 1. The molecule has 6 heteroatoms. The van der Waals surface area contributed by atoms with Crippen LogP contribution in [0.25, 0.3) is 0 Å². The summed E-state index contributed by atoms with van der Waals surface area (Å²) in [7, 11) is 0. The quantitative estimate of drug-likeness (QED) is 0.849. The van der Waals surface area contributed by atoms with Gasteiger partial charge >= 0.3 is 0 Å². The number of hydrogen-bond donors (Lipinski definition) is 1. The summed E-state index contributed by atoms with van der Waals surface area (Å²) in [6, 6.07) is 4.35. The Hall–Kier alpha value is -1.03. The van der Waals surface area contributed by atoms with Gasteiger partial charge in [-0.15, -0.1) is 0 Å². The van der Waals surface area contributed by atoms with E-state index in [1.54, 1.807) is 4.90 Å². The van der Waals surface area contributed by atoms with Crippen molar-refractivity contribution in [3.05, 3.63) is 33.8 Å². The summed E-state index contributed by atoms with van der Waals surface area (Å²) >= 11 is 3.04. The molecule has 2 rings (SSSR count). The molecule has 1 aromatic carbocycles. The molecule has 0 bridgehead atoms. The van der Waals surface area contributed by atoms with Crippen LogP contribution in [0.15, 0.2) is 16.6 Å². The highest BCUT2D eigenvalue weighted by Crippen LogP contribution is 2.23. The van der Waals surface area contributed by atoms with E-state index in [0.29, 0.717) is 13.1 Å². The fourth-order valence-corrected chi connectivity index (χ4v) is 2.35. The van der Waals surface area contributed by atoms with Crippen molar-refractivity contribution < 1.29 is 8.78 Å². The van der Waals surface area contributed by atoms with Crippen molar-refractivity contribution in [3.8, 4) is 6.07 Å². The van der Waals surface area contributed by atoms with Gasteiger partial charge in [0.15, 0.2) is 0 Å². The lowest BCUT2D eigenvalue weighted by Crippen LogP contribution is -2.50. The van der Waals surface area contributed by atoms with Gasteiger partial charge in [-0.25, -0.2) is 8.78 Å². The smallest absolute Gasteiger partial charge is 0.144 e. The van der Waals surface area contributed by atoms with Crippen LogP contribution in [0.5, 0.6) is 0 Å². The third kappa shape index (κ3) is 2.69. The Morgan fingerprint density at radius 1 is 1.50 bits per heavy atom. The molecule has 1 aliphatic heterocycles. The summed E-state index contributed by atoms with van der Waals surface area (Å²) in [6.45, 7) is 1.95. The maximum absolute atomic E-state index is 13.8. The Labute approximate surface area is 113 Å². The minimum atomic E-state index is -0.592. The van der Waals surface area contributed by atoms with Crippen LogP contribution >= 0.6 is 15.9 Å². The van der Waals surface area contributed by atoms with Crippen molar-refractivity contribution >= 4 is 15.9 Å². The molecule has 96 valence electrons. The summed E-state index contributed by atoms with van der Waals surface area (Å²) < 4.78 is 27.7. The highest BCUT2D eigenvalue weighted by atomic mass is 79.9. The molecular weight excluding hydrogens is 304 g/mol. The molecule has 0 amide bonds. The molecule has 0 radical (unpaired) electrons. The van der Waals surface area contributed by atoms with Gasteiger partial charge in [0.2, 0.25) is 0 Å². The molecule has 3 nitrogen and oxygen atoms in total. The molecule has 1 saturated heterocycles. The first kappa shape index (κ1) is 13.4. The Morgan fingerprint density at radius 3 is 3.00 bits per heavy atom. The number of nitriles is 1. The molecule has 0 saturated carbocycles. The largest absolute Gasteiger partial charge is 0.313 e. The normalized spacial score (nSPS) is 20.7. The fourth-order valence-electron chi connectivity index (χ4n) is 1.98. The number of nitrogens with zero attached hydrogens (tertiary/aromatic N) is 2. The van der Waals surface area contributed by atoms with Crippen LogP contribution in [0.1, 0.15) is 5.56 Å². The number of halogens is 3. The molecular formula is C12H12BrF2N3. The Morgan fingerprint density at radius 2 is 2.28 bits per heavy atom. The molecule has 0 aromatic heterocycles. The number of piperazine rings is 1. The molecule has 0 spiro atoms. The van der Waals surface area contributed by atoms with Gasteiger partial charge < -0.3 is 5.32 Å². The van der Waals surface area contributed by atoms with E-state index in [1.165, 1.54) is 12.1 Å². The predicted molar refractivity (Wildman–Crippen MR) is 66.7 cm³/mol. The molecule has 1 unspecified atom stereocenters. The second kappa shape index (κ2) is 5.74. The Balaban J connectivity index is 2.23. The van der Waals surface area contributed by atoms with Gasteiger partial charge in [0.1, 0.15) is 17.7 Å². The van der Waals surface area contributed by atoms with Gasteiger partial charge in [-0.3, -0.25) is 4.90 Å². The van der Waals surface area contributed by atoms with Gasteiger partial charge in [-0.05, 0) is 28.1 Å². The van der Waals surface area contributed by atoms with Crippen molar-refractivity contribution in [3.63, 3.8) is 0 Å². The number of benzene rings is 1. The predicted octanol–water partition coefficient (Wildman–Crippen LogP) is 2.02. The van der Waals surface area contributed by atoms with E-state index in [-0.39, 0.29) is 22.6 Å². The zero-order valence-electron chi connectivity index (χ0n) is 9.59. The van der Waals surface area contributed by atoms with E-state index in [4.69, 9.17) is 5.26 Å². The van der Waals surface area contributed by atoms with Crippen LogP contribution < -0.4 is 5.32 Å². The lowest BCUT2D eigenvalue weighted by Gasteiger charge is -2.32. The zero-order valence-corrected chi connectivity index (χ0v) is 11.2. The van der Waals surface area contributed by atoms with E-state index in [1.807, 2.05) is 0 Å². The van der Waals surface area contributed by atoms with E-state index in [9.17, 15) is 8.78 Å². The average molecular weight is 316 g/mol. The third-order valence-corrected chi connectivity index (χ3v) is 3.62. The van der Waals surface area contributed by atoms with Crippen LogP contribution in [0.3, 0.4) is 0 Å². The highest BCUT2D eigenvalue weighted by Gasteiger charge is 2.24. The zero-order chi connectivity index (χ0) is 13.1. The van der Waals surface area contributed by atoms with Gasteiger partial charge in [0, 0.05) is 31.7 Å². The van der Waals surface area contributed by atoms with Crippen LogP contribution in [-0.4, -0.2) is 30.6 Å². The summed E-state index contributed by atoms with van der Waals surface area (Å²) in [5.41, 5.74) is 0.00604. The molecule has 1 fully saturated rings. The van der Waals surface area contributed by atoms with Gasteiger partial charge in [0.25, 0.3) is 0 Å². The first-order chi connectivity index (χ1) is 8.63. The summed E-state index contributed by atoms with van der Waals surface area (Å²) in [5.74, 6) is -1.17. The van der Waals surface area contributed by atoms with Crippen molar-refractivity contribution in [2.75, 3.05) is 19.6 Å². The van der Waals surface area contributed by atoms with Gasteiger partial charge in [-0.2, -0.15) is 5.26 Å². The standard InChI is InChI=1S/C12H12BrF2N3/c13-10-1-2-11(14)9(12(10)15)7-18-4-3-17-6-8(18)5-16/h1-2,8,17H,3-4,6-7H2. The summed E-state index contributed by atoms with van der Waals surface area (Å²) in [4.78, 5) is 1.78. The molecule has 1 aliphatic rings. The van der Waals surface area contributed by atoms with E-state index < -0.39 is 11.6 Å². The minimum absolute atomic E-state index is 0.00604. The lowest BCUT2D eigenvalue weighted by molar-refractivity contribution is 0.184. The van der Waals surface area contributed by atoms with E-state index >= 15 is 0 Å². The monoisotopic (exact) mass is 315 g/mol. The average Bonchev–Trinajstić information content (AvgIpc) is 2.39. The van der Waals surface area contributed by atoms with Gasteiger partial charge in [0.05, 0.1) is 10.5 Å². The SMILES string of the molecule is N#CC1CNCCN1Cc1c(F)ccc(Br)c1F. The molecule has 1 heterocycles. The van der Waals surface area contributed by atoms with Crippen molar-refractivity contribution in [2.45, 2.75) is 12.6 Å². The first-order valence-electron chi connectivity index (χ1n) is 5.60. The third-order valence-electron chi connectivity index (χ3n) is 3.00. The summed E-state index contributed by atoms with van der Waals surface area (Å²) in [5, 5.41) is 12.1. The van der Waals surface area contributed by atoms with Crippen molar-refractivity contribution in [1.82, 2.24) is 10.2 Å². The van der Waals surface area contributed by atoms with Crippen LogP contribution in [-0.2, 0) is 6.54 Å². The van der Waals surface area contributed by atoms with Crippen LogP contribution in [0.4, 0.5) is 8.78 Å². The second-order valence-corrected chi connectivity index (χ2v) is 5.00. The van der Waals surface area contributed by atoms with Crippen molar-refractivity contribution in [1.29, 1.82) is 5.26 Å². The molecule has 1 N–H and O–H groups in total.